The fourth-order valence-corrected chi connectivity index (χ4v) is 7.51. The van der Waals surface area contributed by atoms with Gasteiger partial charge in [-0.2, -0.15) is 0 Å². The van der Waals surface area contributed by atoms with Crippen molar-refractivity contribution >= 4 is 60.2 Å². The Morgan fingerprint density at radius 3 is 1.40 bits per heavy atom. The Kier molecular flexibility index (Phi) is 5.64. The summed E-state index contributed by atoms with van der Waals surface area (Å²) in [6, 6.07) is 64.6. The molecule has 0 radical (unpaired) electrons. The van der Waals surface area contributed by atoms with Crippen molar-refractivity contribution in [1.82, 2.24) is 0 Å². The molecule has 0 saturated carbocycles. The molecular formula is C46H29N. The number of rotatable bonds is 4. The predicted octanol–water partition coefficient (Wildman–Crippen LogP) is 13.1. The lowest BCUT2D eigenvalue weighted by Crippen LogP contribution is -2.10. The minimum atomic E-state index is 1.13. The molecule has 47 heavy (non-hydrogen) atoms. The van der Waals surface area contributed by atoms with E-state index in [-0.39, 0.29) is 0 Å². The second-order valence-corrected chi connectivity index (χ2v) is 12.6. The van der Waals surface area contributed by atoms with E-state index in [4.69, 9.17) is 0 Å². The Balaban J connectivity index is 1.12. The van der Waals surface area contributed by atoms with Crippen molar-refractivity contribution in [2.24, 2.45) is 0 Å². The van der Waals surface area contributed by atoms with Crippen LogP contribution >= 0.6 is 0 Å². The molecule has 218 valence electrons. The van der Waals surface area contributed by atoms with Gasteiger partial charge in [0.2, 0.25) is 0 Å². The van der Waals surface area contributed by atoms with Gasteiger partial charge in [-0.15, -0.1) is 0 Å². The molecule has 9 aromatic rings. The zero-order valence-corrected chi connectivity index (χ0v) is 25.7. The van der Waals surface area contributed by atoms with Gasteiger partial charge < -0.3 is 4.90 Å². The average Bonchev–Trinajstić information content (AvgIpc) is 3.14. The van der Waals surface area contributed by atoms with Gasteiger partial charge in [0.1, 0.15) is 0 Å². The lowest BCUT2D eigenvalue weighted by atomic mass is 9.78. The zero-order valence-electron chi connectivity index (χ0n) is 25.7. The number of hydrogen-bond donors (Lipinski definition) is 0. The van der Waals surface area contributed by atoms with Crippen LogP contribution in [0.15, 0.2) is 176 Å². The topological polar surface area (TPSA) is 3.24 Å². The average molecular weight is 596 g/mol. The van der Waals surface area contributed by atoms with E-state index in [0.29, 0.717) is 0 Å². The second-order valence-electron chi connectivity index (χ2n) is 12.6. The highest BCUT2D eigenvalue weighted by Gasteiger charge is 2.24. The first-order valence-corrected chi connectivity index (χ1v) is 16.3. The molecule has 0 aliphatic heterocycles. The molecule has 0 atom stereocenters. The molecule has 1 aliphatic carbocycles. The SMILES string of the molecule is c1ccc(-c2ccc(N(c3ccc4cc5c(cc4c3)-c3cc4ccccc4cc3-5)c3ccc4c(ccc5ccccc54)c3)cc2)cc1. The van der Waals surface area contributed by atoms with Crippen molar-refractivity contribution in [3.8, 4) is 33.4 Å². The molecule has 1 aliphatic rings. The second kappa shape index (κ2) is 10.2. The normalized spacial score (nSPS) is 11.8. The maximum Gasteiger partial charge on any atom is 0.0468 e. The van der Waals surface area contributed by atoms with Gasteiger partial charge in [0.15, 0.2) is 0 Å². The van der Waals surface area contributed by atoms with E-state index in [9.17, 15) is 0 Å². The van der Waals surface area contributed by atoms with Crippen molar-refractivity contribution in [1.29, 1.82) is 0 Å². The van der Waals surface area contributed by atoms with Crippen molar-refractivity contribution in [2.75, 3.05) is 4.90 Å². The minimum absolute atomic E-state index is 1.13. The molecule has 0 amide bonds. The predicted molar refractivity (Wildman–Crippen MR) is 201 cm³/mol. The van der Waals surface area contributed by atoms with Crippen LogP contribution in [0, 0.1) is 0 Å². The van der Waals surface area contributed by atoms with E-state index < -0.39 is 0 Å². The van der Waals surface area contributed by atoms with Crippen LogP contribution in [-0.4, -0.2) is 0 Å². The maximum atomic E-state index is 2.39. The highest BCUT2D eigenvalue weighted by molar-refractivity contribution is 6.12. The smallest absolute Gasteiger partial charge is 0.0468 e. The summed E-state index contributed by atoms with van der Waals surface area (Å²) in [5.41, 5.74) is 11.2. The molecular weight excluding hydrogens is 567 g/mol. The Morgan fingerprint density at radius 2 is 0.702 bits per heavy atom. The molecule has 1 heteroatoms. The third-order valence-electron chi connectivity index (χ3n) is 9.90. The number of nitrogens with zero attached hydrogens (tertiary/aromatic N) is 1. The van der Waals surface area contributed by atoms with Gasteiger partial charge in [0.05, 0.1) is 0 Å². The molecule has 0 saturated heterocycles. The van der Waals surface area contributed by atoms with Crippen LogP contribution in [0.25, 0.3) is 76.5 Å². The Morgan fingerprint density at radius 1 is 0.255 bits per heavy atom. The van der Waals surface area contributed by atoms with Gasteiger partial charge >= 0.3 is 0 Å². The van der Waals surface area contributed by atoms with Gasteiger partial charge in [0, 0.05) is 17.1 Å². The lowest BCUT2D eigenvalue weighted by molar-refractivity contribution is 1.29. The Labute approximate surface area is 273 Å². The van der Waals surface area contributed by atoms with Crippen LogP contribution in [-0.2, 0) is 0 Å². The quantitative estimate of drug-likeness (QED) is 0.183. The molecule has 0 fully saturated rings. The van der Waals surface area contributed by atoms with Crippen LogP contribution in [0.1, 0.15) is 0 Å². The molecule has 10 rings (SSSR count). The maximum absolute atomic E-state index is 2.39. The first-order chi connectivity index (χ1) is 23.3. The fraction of sp³-hybridized carbons (Fsp3) is 0. The van der Waals surface area contributed by atoms with E-state index in [2.05, 4.69) is 181 Å². The summed E-state index contributed by atoms with van der Waals surface area (Å²) in [4.78, 5) is 2.39. The van der Waals surface area contributed by atoms with Crippen LogP contribution in [0.2, 0.25) is 0 Å². The molecule has 0 N–H and O–H groups in total. The largest absolute Gasteiger partial charge is 0.310 e. The number of hydrogen-bond acceptors (Lipinski definition) is 1. The van der Waals surface area contributed by atoms with Crippen LogP contribution in [0.4, 0.5) is 17.1 Å². The molecule has 0 bridgehead atoms. The van der Waals surface area contributed by atoms with Crippen molar-refractivity contribution in [3.05, 3.63) is 176 Å². The third-order valence-corrected chi connectivity index (χ3v) is 9.90. The molecule has 1 nitrogen and oxygen atoms in total. The summed E-state index contributed by atoms with van der Waals surface area (Å²) in [5.74, 6) is 0. The third kappa shape index (κ3) is 4.17. The molecule has 0 aromatic heterocycles. The highest BCUT2D eigenvalue weighted by atomic mass is 15.1. The van der Waals surface area contributed by atoms with E-state index in [1.165, 1.54) is 76.5 Å². The molecule has 0 spiro atoms. The zero-order chi connectivity index (χ0) is 30.9. The van der Waals surface area contributed by atoms with Gasteiger partial charge in [0.25, 0.3) is 0 Å². The van der Waals surface area contributed by atoms with Gasteiger partial charge in [-0.1, -0.05) is 115 Å². The highest BCUT2D eigenvalue weighted by Crippen LogP contribution is 2.51. The minimum Gasteiger partial charge on any atom is -0.310 e. The van der Waals surface area contributed by atoms with E-state index >= 15 is 0 Å². The van der Waals surface area contributed by atoms with E-state index in [0.717, 1.165) is 17.1 Å². The van der Waals surface area contributed by atoms with E-state index in [1.807, 2.05) is 0 Å². The van der Waals surface area contributed by atoms with Crippen molar-refractivity contribution in [2.45, 2.75) is 0 Å². The molecule has 9 aromatic carbocycles. The van der Waals surface area contributed by atoms with E-state index in [1.54, 1.807) is 0 Å². The molecule has 0 unspecified atom stereocenters. The summed E-state index contributed by atoms with van der Waals surface area (Å²) in [7, 11) is 0. The number of anilines is 3. The number of benzene rings is 9. The summed E-state index contributed by atoms with van der Waals surface area (Å²) in [6.07, 6.45) is 0. The van der Waals surface area contributed by atoms with Gasteiger partial charge in [-0.05, 0) is 137 Å². The Bertz CT molecular complexity index is 2670. The Hall–Kier alpha value is -6.18. The molecule has 0 heterocycles. The lowest BCUT2D eigenvalue weighted by Gasteiger charge is -2.28. The first kappa shape index (κ1) is 26.1. The monoisotopic (exact) mass is 595 g/mol. The summed E-state index contributed by atoms with van der Waals surface area (Å²) in [5, 5.41) is 10.2. The summed E-state index contributed by atoms with van der Waals surface area (Å²) in [6.45, 7) is 0. The summed E-state index contributed by atoms with van der Waals surface area (Å²) >= 11 is 0. The van der Waals surface area contributed by atoms with Gasteiger partial charge in [-0.25, -0.2) is 0 Å². The van der Waals surface area contributed by atoms with Crippen LogP contribution in [0.3, 0.4) is 0 Å². The summed E-state index contributed by atoms with van der Waals surface area (Å²) < 4.78 is 0. The van der Waals surface area contributed by atoms with Crippen LogP contribution in [0.5, 0.6) is 0 Å². The van der Waals surface area contributed by atoms with Gasteiger partial charge in [-0.3, -0.25) is 0 Å². The first-order valence-electron chi connectivity index (χ1n) is 16.3. The number of fused-ring (bicyclic) bond motifs is 9. The van der Waals surface area contributed by atoms with Crippen molar-refractivity contribution in [3.63, 3.8) is 0 Å². The van der Waals surface area contributed by atoms with Crippen molar-refractivity contribution < 1.29 is 0 Å². The van der Waals surface area contributed by atoms with Crippen LogP contribution < -0.4 is 4.90 Å². The fourth-order valence-electron chi connectivity index (χ4n) is 7.51. The standard InChI is InChI=1S/C46H29N/c1-2-8-30(9-3-1)31-16-19-38(20-17-31)47(40-22-23-42-36(24-40)15-14-32-10-6-7-13-41(32)42)39-21-18-35-28-45-43-26-33-11-4-5-12-34(33)27-44(43)46(45)29-37(35)25-39/h1-29H.